The van der Waals surface area contributed by atoms with E-state index in [9.17, 15) is 15.0 Å². The van der Waals surface area contributed by atoms with E-state index >= 15 is 0 Å². The van der Waals surface area contributed by atoms with Crippen molar-refractivity contribution in [1.82, 2.24) is 14.9 Å². The molecule has 0 radical (unpaired) electrons. The van der Waals surface area contributed by atoms with Gasteiger partial charge >= 0.3 is 0 Å². The number of hydrogen-bond acceptors (Lipinski definition) is 4. The van der Waals surface area contributed by atoms with Crippen molar-refractivity contribution in [2.24, 2.45) is 0 Å². The van der Waals surface area contributed by atoms with Gasteiger partial charge in [0.1, 0.15) is 6.10 Å². The van der Waals surface area contributed by atoms with Gasteiger partial charge in [0, 0.05) is 31.5 Å². The molecule has 0 aliphatic carbocycles. The van der Waals surface area contributed by atoms with Crippen molar-refractivity contribution in [3.63, 3.8) is 0 Å². The number of imidazole rings is 1. The molecule has 0 fully saturated rings. The molecule has 2 rings (SSSR count). The van der Waals surface area contributed by atoms with E-state index in [1.54, 1.807) is 22.9 Å². The van der Waals surface area contributed by atoms with E-state index in [0.717, 1.165) is 5.69 Å². The van der Waals surface area contributed by atoms with Gasteiger partial charge in [0.25, 0.3) is 0 Å². The van der Waals surface area contributed by atoms with E-state index in [-0.39, 0.29) is 12.3 Å². The van der Waals surface area contributed by atoms with Crippen molar-refractivity contribution >= 4 is 18.1 Å². The first-order chi connectivity index (χ1) is 10.5. The SMILES string of the molecule is CC(=O)NCCC(O)C(O)c1ccc(-n2cc[nH]c2=S)cc1. The van der Waals surface area contributed by atoms with E-state index in [4.69, 9.17) is 12.2 Å². The highest BCUT2D eigenvalue weighted by atomic mass is 32.1. The highest BCUT2D eigenvalue weighted by Gasteiger charge is 2.18. The minimum absolute atomic E-state index is 0.158. The van der Waals surface area contributed by atoms with Crippen LogP contribution in [0.4, 0.5) is 0 Å². The van der Waals surface area contributed by atoms with Crippen LogP contribution in [0.5, 0.6) is 0 Å². The van der Waals surface area contributed by atoms with Crippen LogP contribution in [0.3, 0.4) is 0 Å². The molecule has 7 heteroatoms. The number of aliphatic hydroxyl groups is 2. The molecule has 1 aromatic heterocycles. The molecule has 1 aromatic carbocycles. The lowest BCUT2D eigenvalue weighted by Crippen LogP contribution is -2.27. The van der Waals surface area contributed by atoms with Gasteiger partial charge in [-0.2, -0.15) is 0 Å². The average Bonchev–Trinajstić information content (AvgIpc) is 2.92. The fraction of sp³-hybridized carbons (Fsp3) is 0.333. The summed E-state index contributed by atoms with van der Waals surface area (Å²) < 4.78 is 2.39. The minimum Gasteiger partial charge on any atom is -0.390 e. The number of aromatic nitrogens is 2. The summed E-state index contributed by atoms with van der Waals surface area (Å²) >= 11 is 5.15. The lowest BCUT2D eigenvalue weighted by atomic mass is 10.0. The Balaban J connectivity index is 2.02. The van der Waals surface area contributed by atoms with Crippen molar-refractivity contribution in [2.45, 2.75) is 25.6 Å². The number of aromatic amines is 1. The van der Waals surface area contributed by atoms with Crippen LogP contribution in [0.1, 0.15) is 25.0 Å². The predicted octanol–water partition coefficient (Wildman–Crippen LogP) is 1.46. The van der Waals surface area contributed by atoms with Gasteiger partial charge in [-0.25, -0.2) is 0 Å². The van der Waals surface area contributed by atoms with Gasteiger partial charge in [0.2, 0.25) is 5.91 Å². The van der Waals surface area contributed by atoms with Gasteiger partial charge in [0.05, 0.1) is 6.10 Å². The van der Waals surface area contributed by atoms with Gasteiger partial charge < -0.3 is 20.5 Å². The third kappa shape index (κ3) is 4.03. The van der Waals surface area contributed by atoms with Crippen LogP contribution < -0.4 is 5.32 Å². The third-order valence-corrected chi connectivity index (χ3v) is 3.66. The summed E-state index contributed by atoms with van der Waals surface area (Å²) in [5.74, 6) is -0.158. The molecule has 0 bridgehead atoms. The number of rotatable bonds is 6. The van der Waals surface area contributed by atoms with Gasteiger partial charge in [-0.1, -0.05) is 12.1 Å². The van der Waals surface area contributed by atoms with E-state index < -0.39 is 12.2 Å². The molecular formula is C15H19N3O3S. The zero-order valence-electron chi connectivity index (χ0n) is 12.2. The van der Waals surface area contributed by atoms with Crippen LogP contribution in [-0.2, 0) is 4.79 Å². The number of hydrogen-bond donors (Lipinski definition) is 4. The van der Waals surface area contributed by atoms with Crippen LogP contribution in [-0.4, -0.2) is 38.3 Å². The van der Waals surface area contributed by atoms with E-state index in [1.807, 2.05) is 18.3 Å². The highest BCUT2D eigenvalue weighted by molar-refractivity contribution is 7.71. The summed E-state index contributed by atoms with van der Waals surface area (Å²) in [6.45, 7) is 1.73. The summed E-state index contributed by atoms with van der Waals surface area (Å²) in [5.41, 5.74) is 1.48. The quantitative estimate of drug-likeness (QED) is 0.606. The Bertz CT molecular complexity index is 678. The fourth-order valence-corrected chi connectivity index (χ4v) is 2.37. The normalized spacial score (nSPS) is 13.6. The average molecular weight is 321 g/mol. The van der Waals surface area contributed by atoms with E-state index in [2.05, 4.69) is 10.3 Å². The van der Waals surface area contributed by atoms with E-state index in [1.165, 1.54) is 6.92 Å². The molecule has 0 saturated carbocycles. The summed E-state index contributed by atoms with van der Waals surface area (Å²) in [4.78, 5) is 13.7. The monoisotopic (exact) mass is 321 g/mol. The first-order valence-corrected chi connectivity index (χ1v) is 7.37. The number of H-pyrrole nitrogens is 1. The van der Waals surface area contributed by atoms with Crippen LogP contribution >= 0.6 is 12.2 Å². The Morgan fingerprint density at radius 3 is 2.59 bits per heavy atom. The number of aliphatic hydroxyl groups excluding tert-OH is 2. The Morgan fingerprint density at radius 2 is 2.05 bits per heavy atom. The highest BCUT2D eigenvalue weighted by Crippen LogP contribution is 2.20. The number of carbonyl (C=O) groups is 1. The van der Waals surface area contributed by atoms with Gasteiger partial charge in [-0.15, -0.1) is 0 Å². The number of nitrogens with zero attached hydrogens (tertiary/aromatic N) is 1. The maximum Gasteiger partial charge on any atom is 0.216 e. The number of carbonyl (C=O) groups excluding carboxylic acids is 1. The molecule has 2 unspecified atom stereocenters. The summed E-state index contributed by atoms with van der Waals surface area (Å²) in [5, 5.41) is 22.7. The molecule has 2 atom stereocenters. The molecule has 0 aliphatic heterocycles. The topological polar surface area (TPSA) is 90.3 Å². The maximum absolute atomic E-state index is 10.8. The van der Waals surface area contributed by atoms with Crippen molar-refractivity contribution in [3.05, 3.63) is 47.0 Å². The summed E-state index contributed by atoms with van der Waals surface area (Å²) in [7, 11) is 0. The minimum atomic E-state index is -0.998. The molecule has 0 spiro atoms. The Labute approximate surface area is 133 Å². The van der Waals surface area contributed by atoms with Crippen LogP contribution in [0.15, 0.2) is 36.7 Å². The zero-order chi connectivity index (χ0) is 16.1. The molecule has 1 amide bonds. The van der Waals surface area contributed by atoms with Gasteiger partial charge in [-0.05, 0) is 36.3 Å². The molecule has 0 aliphatic rings. The van der Waals surface area contributed by atoms with Gasteiger partial charge in [-0.3, -0.25) is 9.36 Å². The molecule has 2 aromatic rings. The lowest BCUT2D eigenvalue weighted by Gasteiger charge is -2.18. The molecule has 0 saturated heterocycles. The number of nitrogens with one attached hydrogen (secondary N) is 2. The van der Waals surface area contributed by atoms with E-state index in [0.29, 0.717) is 16.9 Å². The lowest BCUT2D eigenvalue weighted by molar-refractivity contribution is -0.119. The van der Waals surface area contributed by atoms with Crippen molar-refractivity contribution in [3.8, 4) is 5.69 Å². The number of benzene rings is 1. The zero-order valence-corrected chi connectivity index (χ0v) is 13.0. The Hall–Kier alpha value is -1.96. The molecule has 1 heterocycles. The van der Waals surface area contributed by atoms with Gasteiger partial charge in [0.15, 0.2) is 4.77 Å². The molecule has 22 heavy (non-hydrogen) atoms. The third-order valence-electron chi connectivity index (χ3n) is 3.34. The van der Waals surface area contributed by atoms with Crippen molar-refractivity contribution in [1.29, 1.82) is 0 Å². The summed E-state index contributed by atoms with van der Waals surface area (Å²) in [6.07, 6.45) is 1.91. The second-order valence-electron chi connectivity index (χ2n) is 5.01. The fourth-order valence-electron chi connectivity index (χ4n) is 2.13. The Morgan fingerprint density at radius 1 is 1.36 bits per heavy atom. The standard InChI is InChI=1S/C15H19N3O3S/c1-10(19)16-7-6-13(20)14(21)11-2-4-12(5-3-11)18-9-8-17-15(18)22/h2-5,8-9,13-14,20-21H,6-7H2,1H3,(H,16,19)(H,17,22). The second-order valence-corrected chi connectivity index (χ2v) is 5.40. The maximum atomic E-state index is 10.8. The molecular weight excluding hydrogens is 302 g/mol. The predicted molar refractivity (Wildman–Crippen MR) is 85.2 cm³/mol. The summed E-state index contributed by atoms with van der Waals surface area (Å²) in [6, 6.07) is 7.14. The van der Waals surface area contributed by atoms with Crippen LogP contribution in [0.25, 0.3) is 5.69 Å². The first-order valence-electron chi connectivity index (χ1n) is 6.96. The largest absolute Gasteiger partial charge is 0.390 e. The second kappa shape index (κ2) is 7.35. The smallest absolute Gasteiger partial charge is 0.216 e. The van der Waals surface area contributed by atoms with Crippen molar-refractivity contribution < 1.29 is 15.0 Å². The Kier molecular flexibility index (Phi) is 5.48. The molecule has 4 N–H and O–H groups in total. The molecule has 118 valence electrons. The van der Waals surface area contributed by atoms with Crippen LogP contribution in [0.2, 0.25) is 0 Å². The molecule has 6 nitrogen and oxygen atoms in total. The van der Waals surface area contributed by atoms with Crippen LogP contribution in [0, 0.1) is 4.77 Å². The first kappa shape index (κ1) is 16.4. The van der Waals surface area contributed by atoms with Crippen molar-refractivity contribution in [2.75, 3.05) is 6.54 Å². The number of amides is 1.